The summed E-state index contributed by atoms with van der Waals surface area (Å²) in [4.78, 5) is 12.6. The van der Waals surface area contributed by atoms with Gasteiger partial charge in [0.25, 0.3) is 0 Å². The van der Waals surface area contributed by atoms with Crippen molar-refractivity contribution in [3.05, 3.63) is 35.9 Å². The van der Waals surface area contributed by atoms with Crippen LogP contribution in [0.4, 0.5) is 0 Å². The van der Waals surface area contributed by atoms with E-state index < -0.39 is 0 Å². The lowest BCUT2D eigenvalue weighted by Gasteiger charge is -2.39. The molecule has 1 aromatic carbocycles. The van der Waals surface area contributed by atoms with Crippen molar-refractivity contribution in [3.8, 4) is 0 Å². The van der Waals surface area contributed by atoms with Crippen molar-refractivity contribution >= 4 is 17.5 Å². The fourth-order valence-electron chi connectivity index (χ4n) is 3.84. The van der Waals surface area contributed by atoms with Gasteiger partial charge >= 0.3 is 0 Å². The Morgan fingerprint density at radius 1 is 1.38 bits per heavy atom. The van der Waals surface area contributed by atoms with Gasteiger partial charge in [0.15, 0.2) is 0 Å². The van der Waals surface area contributed by atoms with Crippen LogP contribution in [0.3, 0.4) is 0 Å². The van der Waals surface area contributed by atoms with E-state index in [0.29, 0.717) is 17.7 Å². The largest absolute Gasteiger partial charge is 0.349 e. The number of rotatable bonds is 4. The average Bonchev–Trinajstić information content (AvgIpc) is 3.29. The molecule has 2 aliphatic rings. The van der Waals surface area contributed by atoms with Gasteiger partial charge in [-0.25, -0.2) is 0 Å². The molecule has 0 bridgehead atoms. The summed E-state index contributed by atoms with van der Waals surface area (Å²) in [5.41, 5.74) is 1.12. The van der Waals surface area contributed by atoms with Crippen molar-refractivity contribution in [2.45, 2.75) is 50.5 Å². The molecule has 1 N–H and O–H groups in total. The first-order valence-corrected chi connectivity index (χ1v) is 8.60. The summed E-state index contributed by atoms with van der Waals surface area (Å²) in [6.45, 7) is 2.26. The van der Waals surface area contributed by atoms with E-state index >= 15 is 0 Å². The molecule has 1 amide bonds. The zero-order valence-electron chi connectivity index (χ0n) is 12.6. The highest BCUT2D eigenvalue weighted by Gasteiger charge is 2.46. The highest BCUT2D eigenvalue weighted by atomic mass is 35.5. The predicted molar refractivity (Wildman–Crippen MR) is 86.5 cm³/mol. The molecule has 0 heterocycles. The van der Waals surface area contributed by atoms with E-state index in [4.69, 9.17) is 11.6 Å². The molecule has 3 rings (SSSR count). The van der Waals surface area contributed by atoms with Crippen LogP contribution in [-0.2, 0) is 4.79 Å². The van der Waals surface area contributed by atoms with Gasteiger partial charge in [0.2, 0.25) is 5.91 Å². The summed E-state index contributed by atoms with van der Waals surface area (Å²) in [7, 11) is 0. The summed E-state index contributed by atoms with van der Waals surface area (Å²) in [5.74, 6) is 1.94. The first kappa shape index (κ1) is 14.9. The fourth-order valence-corrected chi connectivity index (χ4v) is 4.15. The van der Waals surface area contributed by atoms with Crippen LogP contribution in [0.1, 0.15) is 50.5 Å². The van der Waals surface area contributed by atoms with Gasteiger partial charge in [-0.2, -0.15) is 0 Å². The van der Waals surface area contributed by atoms with E-state index in [0.717, 1.165) is 19.3 Å². The van der Waals surface area contributed by atoms with E-state index in [2.05, 4.69) is 24.4 Å². The van der Waals surface area contributed by atoms with Gasteiger partial charge in [0.1, 0.15) is 0 Å². The Morgan fingerprint density at radius 2 is 2.14 bits per heavy atom. The van der Waals surface area contributed by atoms with Crippen molar-refractivity contribution in [2.75, 3.05) is 5.88 Å². The second-order valence-corrected chi connectivity index (χ2v) is 7.23. The third-order valence-corrected chi connectivity index (χ3v) is 5.60. The molecular weight excluding hydrogens is 282 g/mol. The molecule has 2 aliphatic carbocycles. The SMILES string of the molecule is CC1CCCC(CCl)(NC(=O)C2CC2c2ccccc2)C1. The lowest BCUT2D eigenvalue weighted by atomic mass is 9.77. The van der Waals surface area contributed by atoms with Crippen molar-refractivity contribution < 1.29 is 4.79 Å². The average molecular weight is 306 g/mol. The number of amides is 1. The molecule has 0 saturated heterocycles. The third kappa shape index (κ3) is 3.26. The smallest absolute Gasteiger partial charge is 0.224 e. The van der Waals surface area contributed by atoms with Gasteiger partial charge in [-0.05, 0) is 36.7 Å². The van der Waals surface area contributed by atoms with Gasteiger partial charge in [-0.1, -0.05) is 50.1 Å². The number of hydrogen-bond acceptors (Lipinski definition) is 1. The maximum Gasteiger partial charge on any atom is 0.224 e. The van der Waals surface area contributed by atoms with E-state index in [1.165, 1.54) is 18.4 Å². The van der Waals surface area contributed by atoms with Crippen LogP contribution < -0.4 is 5.32 Å². The highest BCUT2D eigenvalue weighted by Crippen LogP contribution is 2.48. The molecule has 3 heteroatoms. The molecule has 2 fully saturated rings. The van der Waals surface area contributed by atoms with Crippen LogP contribution in [0.5, 0.6) is 0 Å². The van der Waals surface area contributed by atoms with Crippen LogP contribution in [0.15, 0.2) is 30.3 Å². The number of carbonyl (C=O) groups excluding carboxylic acids is 1. The minimum Gasteiger partial charge on any atom is -0.349 e. The number of halogens is 1. The zero-order valence-corrected chi connectivity index (χ0v) is 13.4. The number of benzene rings is 1. The van der Waals surface area contributed by atoms with Crippen molar-refractivity contribution in [1.82, 2.24) is 5.32 Å². The van der Waals surface area contributed by atoms with Gasteiger partial charge in [0.05, 0.1) is 5.54 Å². The third-order valence-electron chi connectivity index (χ3n) is 5.09. The molecule has 0 radical (unpaired) electrons. The van der Waals surface area contributed by atoms with Gasteiger partial charge in [-0.15, -0.1) is 11.6 Å². The van der Waals surface area contributed by atoms with E-state index in [1.54, 1.807) is 0 Å². The van der Waals surface area contributed by atoms with Gasteiger partial charge < -0.3 is 5.32 Å². The van der Waals surface area contributed by atoms with E-state index in [9.17, 15) is 4.79 Å². The second-order valence-electron chi connectivity index (χ2n) is 6.96. The zero-order chi connectivity index (χ0) is 14.9. The normalized spacial score (nSPS) is 35.2. The Labute approximate surface area is 132 Å². The number of carbonyl (C=O) groups is 1. The van der Waals surface area contributed by atoms with Crippen molar-refractivity contribution in [1.29, 1.82) is 0 Å². The van der Waals surface area contributed by atoms with Crippen LogP contribution in [0.25, 0.3) is 0 Å². The Hall–Kier alpha value is -1.02. The molecule has 21 heavy (non-hydrogen) atoms. The Kier molecular flexibility index (Phi) is 4.26. The quantitative estimate of drug-likeness (QED) is 0.834. The highest BCUT2D eigenvalue weighted by molar-refractivity contribution is 6.18. The summed E-state index contributed by atoms with van der Waals surface area (Å²) < 4.78 is 0. The molecule has 114 valence electrons. The van der Waals surface area contributed by atoms with Crippen LogP contribution in [0, 0.1) is 11.8 Å². The summed E-state index contributed by atoms with van der Waals surface area (Å²) in [6, 6.07) is 10.4. The predicted octanol–water partition coefficient (Wildman–Crippen LogP) is 4.09. The fraction of sp³-hybridized carbons (Fsp3) is 0.611. The van der Waals surface area contributed by atoms with Crippen LogP contribution in [-0.4, -0.2) is 17.3 Å². The molecule has 0 aromatic heterocycles. The Bertz CT molecular complexity index is 503. The maximum absolute atomic E-state index is 12.6. The maximum atomic E-state index is 12.6. The molecule has 0 spiro atoms. The van der Waals surface area contributed by atoms with E-state index in [1.807, 2.05) is 18.2 Å². The molecule has 1 aromatic rings. The van der Waals surface area contributed by atoms with Crippen molar-refractivity contribution in [2.24, 2.45) is 11.8 Å². The molecule has 0 aliphatic heterocycles. The summed E-state index contributed by atoms with van der Waals surface area (Å²) in [6.07, 6.45) is 5.44. The van der Waals surface area contributed by atoms with Crippen LogP contribution in [0.2, 0.25) is 0 Å². The second kappa shape index (κ2) is 6.00. The molecule has 2 nitrogen and oxygen atoms in total. The molecule has 4 unspecified atom stereocenters. The van der Waals surface area contributed by atoms with Gasteiger partial charge in [-0.3, -0.25) is 4.79 Å². The Balaban J connectivity index is 1.62. The van der Waals surface area contributed by atoms with Crippen molar-refractivity contribution in [3.63, 3.8) is 0 Å². The minimum atomic E-state index is -0.167. The summed E-state index contributed by atoms with van der Waals surface area (Å²) >= 11 is 6.21. The standard InChI is InChI=1S/C18H24ClNO/c1-13-6-5-9-18(11-13,12-19)20-17(21)16-10-15(16)14-7-3-2-4-8-14/h2-4,7-8,13,15-16H,5-6,9-12H2,1H3,(H,20,21). The van der Waals surface area contributed by atoms with E-state index in [-0.39, 0.29) is 17.4 Å². The lowest BCUT2D eigenvalue weighted by Crippen LogP contribution is -2.53. The van der Waals surface area contributed by atoms with Gasteiger partial charge in [0, 0.05) is 11.8 Å². The minimum absolute atomic E-state index is 0.143. The summed E-state index contributed by atoms with van der Waals surface area (Å²) in [5, 5.41) is 3.30. The lowest BCUT2D eigenvalue weighted by molar-refractivity contribution is -0.124. The monoisotopic (exact) mass is 305 g/mol. The first-order valence-electron chi connectivity index (χ1n) is 8.06. The molecular formula is C18H24ClNO. The molecule has 2 saturated carbocycles. The Morgan fingerprint density at radius 3 is 2.81 bits per heavy atom. The topological polar surface area (TPSA) is 29.1 Å². The number of alkyl halides is 1. The number of hydrogen-bond donors (Lipinski definition) is 1. The van der Waals surface area contributed by atoms with Crippen LogP contribution >= 0.6 is 11.6 Å². The first-order chi connectivity index (χ1) is 10.1. The molecule has 4 atom stereocenters. The number of nitrogens with one attached hydrogen (secondary N) is 1.